The van der Waals surface area contributed by atoms with E-state index in [1.54, 1.807) is 18.2 Å². The Balaban J connectivity index is 2.56. The van der Waals surface area contributed by atoms with Crippen molar-refractivity contribution in [3.05, 3.63) is 29.8 Å². The molecule has 0 aliphatic carbocycles. The van der Waals surface area contributed by atoms with E-state index >= 15 is 0 Å². The molecule has 76 valence electrons. The first-order chi connectivity index (χ1) is 7.16. The summed E-state index contributed by atoms with van der Waals surface area (Å²) in [6.07, 6.45) is 0. The van der Waals surface area contributed by atoms with Crippen molar-refractivity contribution in [2.75, 3.05) is 10.2 Å². The molecule has 1 aliphatic rings. The van der Waals surface area contributed by atoms with Crippen LogP contribution in [-0.2, 0) is 9.59 Å². The van der Waals surface area contributed by atoms with E-state index in [2.05, 4.69) is 15.9 Å². The average molecular weight is 268 g/mol. The monoisotopic (exact) mass is 267 g/mol. The molecule has 4 nitrogen and oxygen atoms in total. The van der Waals surface area contributed by atoms with Gasteiger partial charge in [0.25, 0.3) is 5.78 Å². The first-order valence-corrected chi connectivity index (χ1v) is 5.35. The minimum Gasteiger partial charge on any atom is -0.283 e. The number of hydrogen-bond donors (Lipinski definition) is 0. The van der Waals surface area contributed by atoms with Crippen molar-refractivity contribution in [1.29, 1.82) is 0 Å². The summed E-state index contributed by atoms with van der Waals surface area (Å²) >= 11 is 2.97. The van der Waals surface area contributed by atoms with Crippen LogP contribution < -0.4 is 4.90 Å². The normalized spacial score (nSPS) is 14.3. The zero-order valence-electron chi connectivity index (χ0n) is 7.57. The number of carbonyl (C=O) groups excluding carboxylic acids is 3. The first-order valence-electron chi connectivity index (χ1n) is 4.23. The van der Waals surface area contributed by atoms with Crippen molar-refractivity contribution in [3.63, 3.8) is 0 Å². The van der Waals surface area contributed by atoms with Gasteiger partial charge in [-0.1, -0.05) is 28.1 Å². The van der Waals surface area contributed by atoms with Gasteiger partial charge >= 0.3 is 5.91 Å². The van der Waals surface area contributed by atoms with E-state index in [1.165, 1.54) is 6.07 Å². The molecule has 2 rings (SSSR count). The third-order valence-corrected chi connectivity index (χ3v) is 2.63. The van der Waals surface area contributed by atoms with Crippen LogP contribution in [0.2, 0.25) is 0 Å². The molecule has 0 spiro atoms. The van der Waals surface area contributed by atoms with Gasteiger partial charge in [-0.15, -0.1) is 0 Å². The maximum Gasteiger partial charge on any atom is 0.306 e. The number of benzene rings is 1. The molecule has 1 heterocycles. The molecule has 0 saturated carbocycles. The van der Waals surface area contributed by atoms with E-state index in [0.717, 1.165) is 4.90 Å². The summed E-state index contributed by atoms with van der Waals surface area (Å²) in [5, 5.41) is 0.0142. The van der Waals surface area contributed by atoms with Gasteiger partial charge in [0.2, 0.25) is 5.91 Å². The van der Waals surface area contributed by atoms with Gasteiger partial charge in [-0.2, -0.15) is 0 Å². The zero-order valence-corrected chi connectivity index (χ0v) is 9.15. The Morgan fingerprint density at radius 1 is 1.27 bits per heavy atom. The predicted octanol–water partition coefficient (Wildman–Crippen LogP) is 1.14. The van der Waals surface area contributed by atoms with Crippen LogP contribution in [-0.4, -0.2) is 22.9 Å². The molecule has 1 aromatic carbocycles. The number of halogens is 1. The highest BCUT2D eigenvalue weighted by Crippen LogP contribution is 2.28. The second-order valence-electron chi connectivity index (χ2n) is 3.01. The van der Waals surface area contributed by atoms with Crippen molar-refractivity contribution in [3.8, 4) is 0 Å². The van der Waals surface area contributed by atoms with E-state index in [9.17, 15) is 14.4 Å². The summed E-state index contributed by atoms with van der Waals surface area (Å²) in [6.45, 7) is 0. The lowest BCUT2D eigenvalue weighted by Gasteiger charge is -2.11. The molecule has 1 aliphatic heterocycles. The van der Waals surface area contributed by atoms with Crippen LogP contribution in [0.25, 0.3) is 0 Å². The van der Waals surface area contributed by atoms with Gasteiger partial charge < -0.3 is 0 Å². The number of fused-ring (bicyclic) bond motifs is 1. The second kappa shape index (κ2) is 3.58. The Morgan fingerprint density at radius 3 is 2.60 bits per heavy atom. The number of ketones is 1. The van der Waals surface area contributed by atoms with Crippen LogP contribution in [0, 0.1) is 0 Å². The second-order valence-corrected chi connectivity index (χ2v) is 3.57. The van der Waals surface area contributed by atoms with Gasteiger partial charge in [0.05, 0.1) is 16.6 Å². The Bertz CT molecular complexity index is 469. The molecule has 1 aromatic rings. The number of nitrogens with zero attached hydrogens (tertiary/aromatic N) is 1. The molecular weight excluding hydrogens is 262 g/mol. The third kappa shape index (κ3) is 1.39. The Hall–Kier alpha value is -1.49. The Kier molecular flexibility index (Phi) is 2.40. The molecule has 5 heteroatoms. The summed E-state index contributed by atoms with van der Waals surface area (Å²) in [5.41, 5.74) is 0.661. The van der Waals surface area contributed by atoms with Gasteiger partial charge in [-0.3, -0.25) is 14.4 Å². The molecule has 0 atom stereocenters. The van der Waals surface area contributed by atoms with Crippen LogP contribution in [0.4, 0.5) is 5.69 Å². The minimum absolute atomic E-state index is 0.0142. The van der Waals surface area contributed by atoms with Gasteiger partial charge in [0, 0.05) is 0 Å². The van der Waals surface area contributed by atoms with Gasteiger partial charge in [0.15, 0.2) is 0 Å². The standard InChI is InChI=1S/C10H6BrNO3/c11-5-8(13)12-7-4-2-1-3-6(7)9(14)10(12)15/h1-4H,5H2. The molecule has 0 radical (unpaired) electrons. The third-order valence-electron chi connectivity index (χ3n) is 2.15. The van der Waals surface area contributed by atoms with Crippen LogP contribution in [0.1, 0.15) is 10.4 Å². The molecule has 0 aromatic heterocycles. The molecular formula is C10H6BrNO3. The van der Waals surface area contributed by atoms with Crippen molar-refractivity contribution in [2.24, 2.45) is 0 Å². The van der Waals surface area contributed by atoms with Crippen LogP contribution in [0.5, 0.6) is 0 Å². The summed E-state index contributed by atoms with van der Waals surface area (Å²) in [4.78, 5) is 35.3. The number of rotatable bonds is 1. The summed E-state index contributed by atoms with van der Waals surface area (Å²) in [6, 6.07) is 6.46. The van der Waals surface area contributed by atoms with E-state index in [-0.39, 0.29) is 10.9 Å². The first kappa shape index (κ1) is 10.0. The number of Topliss-reactive ketones (excluding diaryl/α,β-unsaturated/α-hetero) is 1. The highest BCUT2D eigenvalue weighted by Gasteiger charge is 2.38. The van der Waals surface area contributed by atoms with Crippen LogP contribution in [0.15, 0.2) is 24.3 Å². The summed E-state index contributed by atoms with van der Waals surface area (Å²) in [7, 11) is 0. The molecule has 15 heavy (non-hydrogen) atoms. The topological polar surface area (TPSA) is 54.5 Å². The maximum atomic E-state index is 11.5. The number of anilines is 1. The van der Waals surface area contributed by atoms with Crippen LogP contribution >= 0.6 is 15.9 Å². The van der Waals surface area contributed by atoms with Crippen LogP contribution in [0.3, 0.4) is 0 Å². The van der Waals surface area contributed by atoms with E-state index in [1.807, 2.05) is 0 Å². The SMILES string of the molecule is O=C1C(=O)N(C(=O)CBr)c2ccccc21. The molecule has 0 unspecified atom stereocenters. The largest absolute Gasteiger partial charge is 0.306 e. The van der Waals surface area contributed by atoms with Crippen molar-refractivity contribution in [2.45, 2.75) is 0 Å². The maximum absolute atomic E-state index is 11.5. The fourth-order valence-electron chi connectivity index (χ4n) is 1.49. The summed E-state index contributed by atoms with van der Waals surface area (Å²) < 4.78 is 0. The number of carbonyl (C=O) groups is 3. The van der Waals surface area contributed by atoms with Gasteiger partial charge in [0.1, 0.15) is 0 Å². The Morgan fingerprint density at radius 2 is 1.93 bits per heavy atom. The molecule has 2 amide bonds. The molecule has 0 N–H and O–H groups in total. The smallest absolute Gasteiger partial charge is 0.283 e. The van der Waals surface area contributed by atoms with Crippen molar-refractivity contribution in [1.82, 2.24) is 0 Å². The average Bonchev–Trinajstić information content (AvgIpc) is 2.52. The van der Waals surface area contributed by atoms with Crippen molar-refractivity contribution >= 4 is 39.2 Å². The number of para-hydroxylation sites is 1. The highest BCUT2D eigenvalue weighted by atomic mass is 79.9. The highest BCUT2D eigenvalue weighted by molar-refractivity contribution is 9.09. The lowest BCUT2D eigenvalue weighted by atomic mass is 10.1. The Labute approximate surface area is 94.0 Å². The lowest BCUT2D eigenvalue weighted by molar-refractivity contribution is -0.122. The number of amides is 2. The van der Waals surface area contributed by atoms with E-state index < -0.39 is 17.6 Å². The molecule has 0 fully saturated rings. The minimum atomic E-state index is -0.777. The number of hydrogen-bond acceptors (Lipinski definition) is 3. The van der Waals surface area contributed by atoms with E-state index in [0.29, 0.717) is 5.69 Å². The number of alkyl halides is 1. The molecule has 0 bridgehead atoms. The lowest BCUT2D eigenvalue weighted by Crippen LogP contribution is -2.36. The summed E-state index contributed by atoms with van der Waals surface area (Å²) in [5.74, 6) is -1.83. The fourth-order valence-corrected chi connectivity index (χ4v) is 1.74. The van der Waals surface area contributed by atoms with Gasteiger partial charge in [-0.05, 0) is 12.1 Å². The number of imide groups is 1. The van der Waals surface area contributed by atoms with Gasteiger partial charge in [-0.25, -0.2) is 4.90 Å². The quantitative estimate of drug-likeness (QED) is 0.567. The fraction of sp³-hybridized carbons (Fsp3) is 0.100. The predicted molar refractivity (Wildman–Crippen MR) is 57.1 cm³/mol. The van der Waals surface area contributed by atoms with E-state index in [4.69, 9.17) is 0 Å². The molecule has 0 saturated heterocycles. The van der Waals surface area contributed by atoms with Crippen molar-refractivity contribution < 1.29 is 14.4 Å². The zero-order chi connectivity index (χ0) is 11.0.